The van der Waals surface area contributed by atoms with E-state index in [9.17, 15) is 17.6 Å². The molecule has 0 unspecified atom stereocenters. The minimum Gasteiger partial charge on any atom is -0.349 e. The van der Waals surface area contributed by atoms with Crippen LogP contribution < -0.4 is 10.0 Å². The average molecular weight is 419 g/mol. The van der Waals surface area contributed by atoms with Gasteiger partial charge in [0.25, 0.3) is 0 Å². The number of rotatable bonds is 6. The molecule has 1 fully saturated rings. The quantitative estimate of drug-likeness (QED) is 0.735. The van der Waals surface area contributed by atoms with Crippen molar-refractivity contribution in [1.29, 1.82) is 0 Å². The molecule has 1 atom stereocenters. The van der Waals surface area contributed by atoms with Crippen molar-refractivity contribution in [2.75, 3.05) is 11.0 Å². The van der Waals surface area contributed by atoms with Gasteiger partial charge in [-0.05, 0) is 55.2 Å². The Morgan fingerprint density at radius 1 is 1.00 bits per heavy atom. The van der Waals surface area contributed by atoms with E-state index in [4.69, 9.17) is 0 Å². The number of hydrogen-bond acceptors (Lipinski definition) is 3. The lowest BCUT2D eigenvalue weighted by molar-refractivity contribution is -0.128. The lowest BCUT2D eigenvalue weighted by atomic mass is 9.68. The van der Waals surface area contributed by atoms with Gasteiger partial charge in [-0.25, -0.2) is 12.8 Å². The molecule has 2 aromatic rings. The predicted molar refractivity (Wildman–Crippen MR) is 113 cm³/mol. The summed E-state index contributed by atoms with van der Waals surface area (Å²) < 4.78 is 38.5. The summed E-state index contributed by atoms with van der Waals surface area (Å²) >= 11 is 0. The Labute approximate surface area is 171 Å². The van der Waals surface area contributed by atoms with Crippen LogP contribution in [-0.4, -0.2) is 20.6 Å². The van der Waals surface area contributed by atoms with Crippen LogP contribution in [0, 0.1) is 5.82 Å². The van der Waals surface area contributed by atoms with E-state index in [1.807, 2.05) is 19.1 Å². The van der Waals surface area contributed by atoms with Crippen LogP contribution in [0.2, 0.25) is 0 Å². The molecule has 0 aromatic heterocycles. The van der Waals surface area contributed by atoms with E-state index in [1.165, 1.54) is 12.1 Å². The first-order chi connectivity index (χ1) is 13.7. The maximum absolute atomic E-state index is 13.4. The summed E-state index contributed by atoms with van der Waals surface area (Å²) in [5.41, 5.74) is 1.57. The van der Waals surface area contributed by atoms with Crippen LogP contribution in [0.25, 0.3) is 0 Å². The van der Waals surface area contributed by atoms with Crippen molar-refractivity contribution in [3.8, 4) is 0 Å². The summed E-state index contributed by atoms with van der Waals surface area (Å²) in [6.07, 6.45) is 5.61. The van der Waals surface area contributed by atoms with Crippen molar-refractivity contribution in [1.82, 2.24) is 5.32 Å². The second kappa shape index (κ2) is 8.53. The first kappa shape index (κ1) is 21.3. The van der Waals surface area contributed by atoms with Crippen LogP contribution in [0.5, 0.6) is 0 Å². The molecule has 0 radical (unpaired) electrons. The third kappa shape index (κ3) is 5.15. The molecule has 0 saturated heterocycles. The van der Waals surface area contributed by atoms with Crippen LogP contribution in [-0.2, 0) is 20.2 Å². The van der Waals surface area contributed by atoms with Gasteiger partial charge in [-0.1, -0.05) is 43.5 Å². The second-order valence-corrected chi connectivity index (χ2v) is 9.59. The summed E-state index contributed by atoms with van der Waals surface area (Å²) in [7, 11) is -3.35. The Morgan fingerprint density at radius 3 is 2.14 bits per heavy atom. The summed E-state index contributed by atoms with van der Waals surface area (Å²) in [6.45, 7) is 1.89. The van der Waals surface area contributed by atoms with Crippen LogP contribution in [0.15, 0.2) is 48.5 Å². The molecular weight excluding hydrogens is 391 g/mol. The highest BCUT2D eigenvalue weighted by molar-refractivity contribution is 7.92. The standard InChI is InChI=1S/C22H27FN2O3S/c1-16(17-6-10-19(23)11-7-17)24-21(26)22(14-4-3-5-15-22)18-8-12-20(13-9-18)25-29(2,27)28/h6-13,16,25H,3-5,14-15H2,1-2H3,(H,24,26)/t16-/m0/s1. The normalized spacial score (nSPS) is 17.3. The average Bonchev–Trinajstić information content (AvgIpc) is 2.68. The van der Waals surface area contributed by atoms with E-state index in [1.54, 1.807) is 24.3 Å². The van der Waals surface area contributed by atoms with Gasteiger partial charge < -0.3 is 5.32 Å². The summed E-state index contributed by atoms with van der Waals surface area (Å²) in [5.74, 6) is -0.350. The Hall–Kier alpha value is -2.41. The molecule has 1 amide bonds. The molecule has 29 heavy (non-hydrogen) atoms. The molecule has 3 rings (SSSR count). The number of carbonyl (C=O) groups excluding carboxylic acids is 1. The Bertz CT molecular complexity index is 951. The molecule has 0 aliphatic heterocycles. The molecule has 2 N–H and O–H groups in total. The molecular formula is C22H27FN2O3S. The van der Waals surface area contributed by atoms with Gasteiger partial charge in [0.1, 0.15) is 5.82 Å². The molecule has 1 aliphatic carbocycles. The van der Waals surface area contributed by atoms with Crippen molar-refractivity contribution in [3.63, 3.8) is 0 Å². The maximum atomic E-state index is 13.4. The van der Waals surface area contributed by atoms with Crippen molar-refractivity contribution in [2.45, 2.75) is 50.5 Å². The number of amides is 1. The highest BCUT2D eigenvalue weighted by Crippen LogP contribution is 2.40. The van der Waals surface area contributed by atoms with Gasteiger partial charge >= 0.3 is 0 Å². The van der Waals surface area contributed by atoms with Gasteiger partial charge in [0.05, 0.1) is 17.7 Å². The van der Waals surface area contributed by atoms with Gasteiger partial charge in [0, 0.05) is 5.69 Å². The molecule has 1 aliphatic rings. The largest absolute Gasteiger partial charge is 0.349 e. The lowest BCUT2D eigenvalue weighted by Gasteiger charge is -2.37. The zero-order valence-corrected chi connectivity index (χ0v) is 17.6. The molecule has 7 heteroatoms. The minimum atomic E-state index is -3.35. The number of hydrogen-bond donors (Lipinski definition) is 2. The minimum absolute atomic E-state index is 0.0437. The number of benzene rings is 2. The smallest absolute Gasteiger partial charge is 0.231 e. The summed E-state index contributed by atoms with van der Waals surface area (Å²) in [5, 5.41) is 3.10. The fourth-order valence-corrected chi connectivity index (χ4v) is 4.61. The monoisotopic (exact) mass is 418 g/mol. The number of anilines is 1. The van der Waals surface area contributed by atoms with Gasteiger partial charge in [-0.2, -0.15) is 0 Å². The third-order valence-corrected chi connectivity index (χ3v) is 6.21. The van der Waals surface area contributed by atoms with Gasteiger partial charge in [-0.3, -0.25) is 9.52 Å². The number of nitrogens with one attached hydrogen (secondary N) is 2. The van der Waals surface area contributed by atoms with E-state index in [0.29, 0.717) is 5.69 Å². The zero-order chi connectivity index (χ0) is 21.1. The first-order valence-corrected chi connectivity index (χ1v) is 11.7. The fraction of sp³-hybridized carbons (Fsp3) is 0.409. The number of sulfonamides is 1. The second-order valence-electron chi connectivity index (χ2n) is 7.84. The van der Waals surface area contributed by atoms with Crippen LogP contribution in [0.4, 0.5) is 10.1 Å². The Morgan fingerprint density at radius 2 is 1.59 bits per heavy atom. The van der Waals surface area contributed by atoms with Crippen molar-refractivity contribution in [2.24, 2.45) is 0 Å². The molecule has 156 valence electrons. The summed E-state index contributed by atoms with van der Waals surface area (Å²) in [4.78, 5) is 13.4. The maximum Gasteiger partial charge on any atom is 0.231 e. The van der Waals surface area contributed by atoms with E-state index >= 15 is 0 Å². The highest BCUT2D eigenvalue weighted by atomic mass is 32.2. The van der Waals surface area contributed by atoms with Gasteiger partial charge in [-0.15, -0.1) is 0 Å². The lowest BCUT2D eigenvalue weighted by Crippen LogP contribution is -2.46. The molecule has 0 heterocycles. The number of halogens is 1. The SMILES string of the molecule is C[C@H](NC(=O)C1(c2ccc(NS(C)(=O)=O)cc2)CCCCC1)c1ccc(F)cc1. The van der Waals surface area contributed by atoms with Crippen molar-refractivity contribution < 1.29 is 17.6 Å². The fourth-order valence-electron chi connectivity index (χ4n) is 4.04. The highest BCUT2D eigenvalue weighted by Gasteiger charge is 2.41. The zero-order valence-electron chi connectivity index (χ0n) is 16.7. The van der Waals surface area contributed by atoms with Gasteiger partial charge in [0.15, 0.2) is 0 Å². The Balaban J connectivity index is 1.84. The van der Waals surface area contributed by atoms with Crippen LogP contribution in [0.1, 0.15) is 56.2 Å². The van der Waals surface area contributed by atoms with Gasteiger partial charge in [0.2, 0.25) is 15.9 Å². The van der Waals surface area contributed by atoms with Crippen molar-refractivity contribution >= 4 is 21.6 Å². The summed E-state index contributed by atoms with van der Waals surface area (Å²) in [6, 6.07) is 13.0. The topological polar surface area (TPSA) is 75.3 Å². The van der Waals surface area contributed by atoms with E-state index in [2.05, 4.69) is 10.0 Å². The van der Waals surface area contributed by atoms with Crippen molar-refractivity contribution in [3.05, 3.63) is 65.5 Å². The molecule has 5 nitrogen and oxygen atoms in total. The van der Waals surface area contributed by atoms with E-state index < -0.39 is 15.4 Å². The molecule has 0 bridgehead atoms. The Kier molecular flexibility index (Phi) is 6.27. The number of carbonyl (C=O) groups is 1. The van der Waals surface area contributed by atoms with E-state index in [-0.39, 0.29) is 17.8 Å². The third-order valence-electron chi connectivity index (χ3n) is 5.60. The van der Waals surface area contributed by atoms with Crippen LogP contribution in [0.3, 0.4) is 0 Å². The molecule has 0 spiro atoms. The first-order valence-electron chi connectivity index (χ1n) is 9.84. The molecule has 2 aromatic carbocycles. The molecule has 1 saturated carbocycles. The van der Waals surface area contributed by atoms with E-state index in [0.717, 1.165) is 49.5 Å². The van der Waals surface area contributed by atoms with Crippen LogP contribution >= 0.6 is 0 Å². The predicted octanol–water partition coefficient (Wildman–Crippen LogP) is 4.28.